The number of rotatable bonds is 1. The molecule has 0 radical (unpaired) electrons. The Morgan fingerprint density at radius 1 is 1.05 bits per heavy atom. The second-order valence-electron chi connectivity index (χ2n) is 5.19. The Morgan fingerprint density at radius 2 is 1.82 bits per heavy atom. The van der Waals surface area contributed by atoms with Crippen LogP contribution in [-0.2, 0) is 9.59 Å². The van der Waals surface area contributed by atoms with Gasteiger partial charge in [0.2, 0.25) is 5.91 Å². The summed E-state index contributed by atoms with van der Waals surface area (Å²) in [5.74, 6) is -1.54. The van der Waals surface area contributed by atoms with E-state index in [1.54, 1.807) is 18.2 Å². The molecule has 112 valence electrons. The molecule has 0 spiro atoms. The van der Waals surface area contributed by atoms with E-state index in [4.69, 9.17) is 0 Å². The van der Waals surface area contributed by atoms with Gasteiger partial charge < -0.3 is 15.3 Å². The zero-order chi connectivity index (χ0) is 15.9. The Morgan fingerprint density at radius 3 is 2.55 bits per heavy atom. The number of aliphatic hydroxyl groups excluding tert-OH is 1. The third-order valence-corrected chi connectivity index (χ3v) is 3.52. The van der Waals surface area contributed by atoms with E-state index in [0.717, 1.165) is 0 Å². The Kier molecular flexibility index (Phi) is 3.21. The lowest BCUT2D eigenvalue weighted by atomic mass is 9.87. The highest BCUT2D eigenvalue weighted by atomic mass is 16.3. The van der Waals surface area contributed by atoms with Gasteiger partial charge in [-0.15, -0.1) is 0 Å². The molecule has 0 bridgehead atoms. The van der Waals surface area contributed by atoms with Gasteiger partial charge in [-0.3, -0.25) is 14.9 Å². The summed E-state index contributed by atoms with van der Waals surface area (Å²) < 4.78 is 0. The third-order valence-electron chi connectivity index (χ3n) is 3.52. The molecule has 1 saturated heterocycles. The van der Waals surface area contributed by atoms with Crippen molar-refractivity contribution >= 4 is 17.9 Å². The standard InChI is InChI=1S/C16H13NO5/c18-11-2-1-8(5-12(11)19)3-9-4-10-7-14(21)17-16(22)15(10)13(20)6-9/h1-5,18-20H,6-7H2,(H,17,21,22). The summed E-state index contributed by atoms with van der Waals surface area (Å²) in [6.07, 6.45) is 3.58. The van der Waals surface area contributed by atoms with Crippen LogP contribution < -0.4 is 5.32 Å². The SMILES string of the molecule is O=C1CC2=CC(=Cc3ccc(O)c(O)c3)CC(O)=C2C(=O)N1. The summed E-state index contributed by atoms with van der Waals surface area (Å²) in [5.41, 5.74) is 1.96. The number of imide groups is 1. The van der Waals surface area contributed by atoms with Gasteiger partial charge in [0.05, 0.1) is 12.0 Å². The van der Waals surface area contributed by atoms with Gasteiger partial charge in [0.1, 0.15) is 5.76 Å². The van der Waals surface area contributed by atoms with E-state index in [0.29, 0.717) is 16.7 Å². The minimum atomic E-state index is -0.582. The average Bonchev–Trinajstić information content (AvgIpc) is 2.41. The number of fused-ring (bicyclic) bond motifs is 1. The minimum Gasteiger partial charge on any atom is -0.511 e. The molecule has 1 aliphatic heterocycles. The molecule has 4 N–H and O–H groups in total. The predicted molar refractivity (Wildman–Crippen MR) is 77.9 cm³/mol. The van der Waals surface area contributed by atoms with E-state index < -0.39 is 11.8 Å². The number of hydrogen-bond acceptors (Lipinski definition) is 5. The molecule has 6 heteroatoms. The highest BCUT2D eigenvalue weighted by Crippen LogP contribution is 2.33. The van der Waals surface area contributed by atoms with Gasteiger partial charge in [0, 0.05) is 6.42 Å². The number of phenolic OH excluding ortho intramolecular Hbond substituents is 2. The fourth-order valence-electron chi connectivity index (χ4n) is 2.57. The maximum Gasteiger partial charge on any atom is 0.261 e. The first-order valence-corrected chi connectivity index (χ1v) is 6.64. The number of aliphatic hydroxyl groups is 1. The molecule has 0 aromatic heterocycles. The van der Waals surface area contributed by atoms with E-state index in [2.05, 4.69) is 5.32 Å². The first kappa shape index (κ1) is 13.9. The lowest BCUT2D eigenvalue weighted by Crippen LogP contribution is -2.38. The molecule has 3 rings (SSSR count). The molecular formula is C16H13NO5. The van der Waals surface area contributed by atoms with Crippen LogP contribution in [0, 0.1) is 0 Å². The molecule has 22 heavy (non-hydrogen) atoms. The van der Waals surface area contributed by atoms with Crippen LogP contribution in [0.3, 0.4) is 0 Å². The maximum absolute atomic E-state index is 11.7. The van der Waals surface area contributed by atoms with Crippen LogP contribution in [0.25, 0.3) is 6.08 Å². The number of amides is 2. The monoisotopic (exact) mass is 299 g/mol. The largest absolute Gasteiger partial charge is 0.511 e. The quantitative estimate of drug-likeness (QED) is 0.466. The summed E-state index contributed by atoms with van der Waals surface area (Å²) in [4.78, 5) is 23.2. The summed E-state index contributed by atoms with van der Waals surface area (Å²) in [6, 6.07) is 4.35. The van der Waals surface area contributed by atoms with Gasteiger partial charge in [-0.2, -0.15) is 0 Å². The smallest absolute Gasteiger partial charge is 0.261 e. The average molecular weight is 299 g/mol. The minimum absolute atomic E-state index is 0.0311. The van der Waals surface area contributed by atoms with Crippen molar-refractivity contribution in [3.63, 3.8) is 0 Å². The van der Waals surface area contributed by atoms with Crippen LogP contribution in [0.15, 0.2) is 46.8 Å². The summed E-state index contributed by atoms with van der Waals surface area (Å²) in [6.45, 7) is 0. The van der Waals surface area contributed by atoms with Gasteiger partial charge in [-0.05, 0) is 28.8 Å². The highest BCUT2D eigenvalue weighted by molar-refractivity contribution is 6.12. The van der Waals surface area contributed by atoms with Crippen LogP contribution >= 0.6 is 0 Å². The second kappa shape index (κ2) is 5.07. The van der Waals surface area contributed by atoms with Crippen molar-refractivity contribution in [1.82, 2.24) is 5.32 Å². The molecular weight excluding hydrogens is 286 g/mol. The lowest BCUT2D eigenvalue weighted by Gasteiger charge is -2.23. The molecule has 1 aromatic rings. The zero-order valence-electron chi connectivity index (χ0n) is 11.5. The van der Waals surface area contributed by atoms with Crippen molar-refractivity contribution < 1.29 is 24.9 Å². The van der Waals surface area contributed by atoms with Crippen LogP contribution in [-0.4, -0.2) is 27.1 Å². The van der Waals surface area contributed by atoms with Crippen LogP contribution in [0.5, 0.6) is 11.5 Å². The molecule has 1 heterocycles. The third kappa shape index (κ3) is 2.46. The fourth-order valence-corrected chi connectivity index (χ4v) is 2.57. The first-order valence-electron chi connectivity index (χ1n) is 6.64. The molecule has 1 aromatic carbocycles. The van der Waals surface area contributed by atoms with E-state index in [-0.39, 0.29) is 35.7 Å². The normalized spacial score (nSPS) is 19.8. The number of piperidine rings is 1. The molecule has 1 fully saturated rings. The Hall–Kier alpha value is -3.02. The van der Waals surface area contributed by atoms with Gasteiger partial charge in [-0.25, -0.2) is 0 Å². The molecule has 1 aliphatic carbocycles. The molecule has 0 saturated carbocycles. The number of carbonyl (C=O) groups excluding carboxylic acids is 2. The molecule has 2 amide bonds. The fraction of sp³-hybridized carbons (Fsp3) is 0.125. The summed E-state index contributed by atoms with van der Waals surface area (Å²) in [5, 5.41) is 31.0. The van der Waals surface area contributed by atoms with Crippen molar-refractivity contribution in [2.45, 2.75) is 12.8 Å². The molecule has 0 unspecified atom stereocenters. The summed E-state index contributed by atoms with van der Waals surface area (Å²) >= 11 is 0. The van der Waals surface area contributed by atoms with E-state index >= 15 is 0 Å². The van der Waals surface area contributed by atoms with Gasteiger partial charge in [-0.1, -0.05) is 18.2 Å². The van der Waals surface area contributed by atoms with Gasteiger partial charge in [0.15, 0.2) is 11.5 Å². The summed E-state index contributed by atoms with van der Waals surface area (Å²) in [7, 11) is 0. The van der Waals surface area contributed by atoms with Crippen molar-refractivity contribution in [3.8, 4) is 11.5 Å². The van der Waals surface area contributed by atoms with Crippen LogP contribution in [0.2, 0.25) is 0 Å². The van der Waals surface area contributed by atoms with Crippen molar-refractivity contribution in [2.75, 3.05) is 0 Å². The number of carbonyl (C=O) groups is 2. The van der Waals surface area contributed by atoms with E-state index in [9.17, 15) is 24.9 Å². The first-order chi connectivity index (χ1) is 10.4. The second-order valence-corrected chi connectivity index (χ2v) is 5.19. The Labute approximate surface area is 125 Å². The molecule has 0 atom stereocenters. The van der Waals surface area contributed by atoms with E-state index in [1.165, 1.54) is 12.1 Å². The lowest BCUT2D eigenvalue weighted by molar-refractivity contribution is -0.129. The van der Waals surface area contributed by atoms with Crippen molar-refractivity contribution in [2.24, 2.45) is 0 Å². The van der Waals surface area contributed by atoms with Crippen molar-refractivity contribution in [1.29, 1.82) is 0 Å². The number of hydrogen-bond donors (Lipinski definition) is 4. The topological polar surface area (TPSA) is 107 Å². The number of phenols is 2. The molecule has 6 nitrogen and oxygen atoms in total. The highest BCUT2D eigenvalue weighted by Gasteiger charge is 2.31. The predicted octanol–water partition coefficient (Wildman–Crippen LogP) is 1.67. The number of benzene rings is 1. The van der Waals surface area contributed by atoms with Crippen LogP contribution in [0.1, 0.15) is 18.4 Å². The van der Waals surface area contributed by atoms with Crippen LogP contribution in [0.4, 0.5) is 0 Å². The van der Waals surface area contributed by atoms with Gasteiger partial charge in [0.25, 0.3) is 5.91 Å². The number of nitrogens with one attached hydrogen (secondary N) is 1. The van der Waals surface area contributed by atoms with E-state index in [1.807, 2.05) is 0 Å². The number of aromatic hydroxyl groups is 2. The molecule has 2 aliphatic rings. The maximum atomic E-state index is 11.7. The Bertz CT molecular complexity index is 786. The van der Waals surface area contributed by atoms with Crippen molar-refractivity contribution in [3.05, 3.63) is 52.3 Å². The zero-order valence-corrected chi connectivity index (χ0v) is 11.5. The number of allylic oxidation sites excluding steroid dienone is 2. The van der Waals surface area contributed by atoms with Gasteiger partial charge >= 0.3 is 0 Å². The Balaban J connectivity index is 1.98.